The van der Waals surface area contributed by atoms with Gasteiger partial charge in [-0.3, -0.25) is 9.59 Å². The minimum atomic E-state index is -1.02. The molecule has 0 fully saturated rings. The van der Waals surface area contributed by atoms with E-state index in [9.17, 15) is 9.59 Å². The summed E-state index contributed by atoms with van der Waals surface area (Å²) >= 11 is 0. The lowest BCUT2D eigenvalue weighted by Gasteiger charge is -2.22. The molecule has 0 aliphatic carbocycles. The summed E-state index contributed by atoms with van der Waals surface area (Å²) in [4.78, 5) is 23.5. The minimum absolute atomic E-state index is 0.287. The van der Waals surface area contributed by atoms with Crippen molar-refractivity contribution >= 4 is 11.9 Å². The topological polar surface area (TPSA) is 66.8 Å². The summed E-state index contributed by atoms with van der Waals surface area (Å²) in [5.74, 6) is -1.32. The summed E-state index contributed by atoms with van der Waals surface area (Å²) < 4.78 is 5.25. The van der Waals surface area contributed by atoms with Crippen LogP contribution in [0.2, 0.25) is 0 Å². The van der Waals surface area contributed by atoms with Crippen molar-refractivity contribution < 1.29 is 19.4 Å². The molecule has 0 bridgehead atoms. The van der Waals surface area contributed by atoms with E-state index >= 15 is 0 Å². The Morgan fingerprint density at radius 2 is 2.19 bits per heavy atom. The molecule has 1 unspecified atom stereocenters. The highest BCUT2D eigenvalue weighted by atomic mass is 16.5. The molecule has 0 saturated carbocycles. The third-order valence-corrected chi connectivity index (χ3v) is 2.06. The van der Waals surface area contributed by atoms with Crippen LogP contribution < -0.4 is 0 Å². The van der Waals surface area contributed by atoms with Crippen molar-refractivity contribution in [2.75, 3.05) is 19.7 Å². The molecule has 5 nitrogen and oxygen atoms in total. The number of nitrogens with zero attached hydrogens (tertiary/aromatic N) is 1. The van der Waals surface area contributed by atoms with Crippen LogP contribution >= 0.6 is 0 Å². The molecule has 0 saturated heterocycles. The minimum Gasteiger partial charge on any atom is -0.480 e. The van der Waals surface area contributed by atoms with Gasteiger partial charge in [0.2, 0.25) is 0 Å². The first kappa shape index (κ1) is 14.6. The third kappa shape index (κ3) is 5.50. The zero-order valence-corrected chi connectivity index (χ0v) is 9.81. The van der Waals surface area contributed by atoms with E-state index in [4.69, 9.17) is 9.84 Å². The van der Waals surface area contributed by atoms with E-state index in [1.165, 1.54) is 4.90 Å². The smallest absolute Gasteiger partial charge is 0.323 e. The summed E-state index contributed by atoms with van der Waals surface area (Å²) in [6, 6.07) is 0. The van der Waals surface area contributed by atoms with E-state index in [1.807, 2.05) is 0 Å². The van der Waals surface area contributed by atoms with Gasteiger partial charge in [-0.15, -0.1) is 6.58 Å². The Bertz CT molecular complexity index is 252. The van der Waals surface area contributed by atoms with Crippen LogP contribution in [0.3, 0.4) is 0 Å². The number of ether oxygens (including phenoxy) is 1. The van der Waals surface area contributed by atoms with Crippen molar-refractivity contribution in [3.05, 3.63) is 12.7 Å². The third-order valence-electron chi connectivity index (χ3n) is 2.06. The number of aliphatic carboxylic acids is 1. The molecule has 0 rings (SSSR count). The molecule has 92 valence electrons. The monoisotopic (exact) mass is 229 g/mol. The van der Waals surface area contributed by atoms with Crippen LogP contribution in [0.5, 0.6) is 0 Å². The molecule has 0 heterocycles. The number of carboxylic acids is 1. The summed E-state index contributed by atoms with van der Waals surface area (Å²) in [5.41, 5.74) is 0. The number of carbonyl (C=O) groups excluding carboxylic acids is 1. The lowest BCUT2D eigenvalue weighted by atomic mass is 10.3. The maximum atomic E-state index is 11.7. The molecule has 0 aromatic carbocycles. The SMILES string of the molecule is C=CCCOC(C)C(=O)N(CC)CC(=O)O. The summed E-state index contributed by atoms with van der Waals surface area (Å²) in [7, 11) is 0. The van der Waals surface area contributed by atoms with Gasteiger partial charge in [0.05, 0.1) is 6.61 Å². The molecule has 1 atom stereocenters. The average Bonchev–Trinajstić information content (AvgIpc) is 2.24. The highest BCUT2D eigenvalue weighted by molar-refractivity contribution is 5.84. The van der Waals surface area contributed by atoms with E-state index in [2.05, 4.69) is 6.58 Å². The molecule has 1 amide bonds. The quantitative estimate of drug-likeness (QED) is 0.496. The number of amides is 1. The van der Waals surface area contributed by atoms with E-state index in [1.54, 1.807) is 19.9 Å². The molecule has 16 heavy (non-hydrogen) atoms. The Hall–Kier alpha value is -1.36. The number of likely N-dealkylation sites (N-methyl/N-ethyl adjacent to an activating group) is 1. The van der Waals surface area contributed by atoms with Gasteiger partial charge in [0.1, 0.15) is 12.6 Å². The van der Waals surface area contributed by atoms with Gasteiger partial charge in [-0.05, 0) is 20.3 Å². The van der Waals surface area contributed by atoms with Crippen molar-refractivity contribution in [2.45, 2.75) is 26.4 Å². The Morgan fingerprint density at radius 1 is 1.56 bits per heavy atom. The highest BCUT2D eigenvalue weighted by Crippen LogP contribution is 2.00. The van der Waals surface area contributed by atoms with Gasteiger partial charge in [0.15, 0.2) is 0 Å². The van der Waals surface area contributed by atoms with E-state index < -0.39 is 12.1 Å². The summed E-state index contributed by atoms with van der Waals surface area (Å²) in [5, 5.41) is 8.61. The number of carbonyl (C=O) groups is 2. The van der Waals surface area contributed by atoms with Crippen molar-refractivity contribution in [3.63, 3.8) is 0 Å². The van der Waals surface area contributed by atoms with Crippen LogP contribution in [0.4, 0.5) is 0 Å². The molecule has 0 radical (unpaired) electrons. The fourth-order valence-electron chi connectivity index (χ4n) is 1.17. The highest BCUT2D eigenvalue weighted by Gasteiger charge is 2.21. The molecule has 0 aromatic heterocycles. The van der Waals surface area contributed by atoms with Gasteiger partial charge in [-0.2, -0.15) is 0 Å². The van der Waals surface area contributed by atoms with Gasteiger partial charge >= 0.3 is 5.97 Å². The lowest BCUT2D eigenvalue weighted by molar-refractivity contribution is -0.149. The predicted molar refractivity (Wildman–Crippen MR) is 60.1 cm³/mol. The first-order valence-electron chi connectivity index (χ1n) is 5.26. The van der Waals surface area contributed by atoms with E-state index in [0.717, 1.165) is 0 Å². The van der Waals surface area contributed by atoms with Gasteiger partial charge in [-0.25, -0.2) is 0 Å². The fourth-order valence-corrected chi connectivity index (χ4v) is 1.17. The first-order valence-corrected chi connectivity index (χ1v) is 5.26. The average molecular weight is 229 g/mol. The first-order chi connectivity index (χ1) is 7.52. The second-order valence-corrected chi connectivity index (χ2v) is 3.34. The maximum Gasteiger partial charge on any atom is 0.323 e. The molecule has 1 N–H and O–H groups in total. The zero-order valence-electron chi connectivity index (χ0n) is 9.81. The molecule has 0 aliphatic rings. The second kappa shape index (κ2) is 7.87. The van der Waals surface area contributed by atoms with E-state index in [0.29, 0.717) is 19.6 Å². The Balaban J connectivity index is 4.15. The largest absolute Gasteiger partial charge is 0.480 e. The number of hydrogen-bond donors (Lipinski definition) is 1. The molecule has 0 aliphatic heterocycles. The van der Waals surface area contributed by atoms with E-state index in [-0.39, 0.29) is 12.5 Å². The van der Waals surface area contributed by atoms with Crippen LogP contribution in [0, 0.1) is 0 Å². The second-order valence-electron chi connectivity index (χ2n) is 3.34. The molecule has 5 heteroatoms. The van der Waals surface area contributed by atoms with Crippen molar-refractivity contribution in [2.24, 2.45) is 0 Å². The van der Waals surface area contributed by atoms with Crippen LogP contribution in [-0.4, -0.2) is 47.7 Å². The van der Waals surface area contributed by atoms with Crippen LogP contribution in [0.25, 0.3) is 0 Å². The number of rotatable bonds is 8. The Kier molecular flexibility index (Phi) is 7.20. The van der Waals surface area contributed by atoms with Crippen molar-refractivity contribution in [3.8, 4) is 0 Å². The molecule has 0 aromatic rings. The van der Waals surface area contributed by atoms with Crippen molar-refractivity contribution in [1.82, 2.24) is 4.90 Å². The Morgan fingerprint density at radius 3 is 2.62 bits per heavy atom. The normalized spacial score (nSPS) is 11.9. The predicted octanol–water partition coefficient (Wildman–Crippen LogP) is 0.901. The fraction of sp³-hybridized carbons (Fsp3) is 0.636. The van der Waals surface area contributed by atoms with Crippen LogP contribution in [-0.2, 0) is 14.3 Å². The van der Waals surface area contributed by atoms with Gasteiger partial charge in [-0.1, -0.05) is 6.08 Å². The van der Waals surface area contributed by atoms with Gasteiger partial charge in [0.25, 0.3) is 5.91 Å². The molecular formula is C11H19NO4. The van der Waals surface area contributed by atoms with Gasteiger partial charge in [0, 0.05) is 6.54 Å². The maximum absolute atomic E-state index is 11.7. The summed E-state index contributed by atoms with van der Waals surface area (Å²) in [6.45, 7) is 7.39. The Labute approximate surface area is 95.7 Å². The number of hydrogen-bond acceptors (Lipinski definition) is 3. The molecular weight excluding hydrogens is 210 g/mol. The number of carboxylic acid groups (broad SMARTS) is 1. The van der Waals surface area contributed by atoms with Crippen molar-refractivity contribution in [1.29, 1.82) is 0 Å². The van der Waals surface area contributed by atoms with Gasteiger partial charge < -0.3 is 14.7 Å². The zero-order chi connectivity index (χ0) is 12.6. The summed E-state index contributed by atoms with van der Waals surface area (Å²) in [6.07, 6.45) is 1.76. The molecule has 0 spiro atoms. The standard InChI is InChI=1S/C11H19NO4/c1-4-6-7-16-9(3)11(15)12(5-2)8-10(13)14/h4,9H,1,5-8H2,2-3H3,(H,13,14). The van der Waals surface area contributed by atoms with Crippen LogP contribution in [0.1, 0.15) is 20.3 Å². The lowest BCUT2D eigenvalue weighted by Crippen LogP contribution is -2.41. The van der Waals surface area contributed by atoms with Crippen LogP contribution in [0.15, 0.2) is 12.7 Å².